The van der Waals surface area contributed by atoms with E-state index in [-0.39, 0.29) is 10.8 Å². The van der Waals surface area contributed by atoms with Crippen molar-refractivity contribution in [2.24, 2.45) is 5.92 Å². The van der Waals surface area contributed by atoms with Crippen LogP contribution in [0.3, 0.4) is 0 Å². The molecule has 0 saturated carbocycles. The van der Waals surface area contributed by atoms with Crippen LogP contribution in [0.25, 0.3) is 0 Å². The lowest BCUT2D eigenvalue weighted by Crippen LogP contribution is -2.43. The Bertz CT molecular complexity index is 534. The summed E-state index contributed by atoms with van der Waals surface area (Å²) in [6.07, 6.45) is 1.04. The summed E-state index contributed by atoms with van der Waals surface area (Å²) in [5.74, 6) is -0.434. The van der Waals surface area contributed by atoms with Crippen LogP contribution in [-0.2, 0) is 14.8 Å². The predicted octanol–water partition coefficient (Wildman–Crippen LogP) is 4.90. The molecule has 0 bridgehead atoms. The summed E-state index contributed by atoms with van der Waals surface area (Å²) in [6, 6.07) is 9.52. The summed E-state index contributed by atoms with van der Waals surface area (Å²) >= 11 is 0. The van der Waals surface area contributed by atoms with Crippen LogP contribution >= 0.6 is 0 Å². The molecule has 0 radical (unpaired) electrons. The van der Waals surface area contributed by atoms with Gasteiger partial charge in [0.15, 0.2) is 8.32 Å². The minimum absolute atomic E-state index is 0.0158. The van der Waals surface area contributed by atoms with Gasteiger partial charge < -0.3 is 9.53 Å². The van der Waals surface area contributed by atoms with Gasteiger partial charge in [0.05, 0.1) is 11.5 Å². The van der Waals surface area contributed by atoms with Crippen molar-refractivity contribution < 1.29 is 14.3 Å². The molecule has 4 heteroatoms. The van der Waals surface area contributed by atoms with Gasteiger partial charge >= 0.3 is 0 Å². The van der Waals surface area contributed by atoms with E-state index < -0.39 is 19.8 Å². The number of hydrogen-bond acceptors (Lipinski definition) is 3. The highest BCUT2D eigenvalue weighted by molar-refractivity contribution is 6.74. The maximum Gasteiger partial charge on any atom is 0.191 e. The molecule has 0 spiro atoms. The highest BCUT2D eigenvalue weighted by Crippen LogP contribution is 2.39. The number of carbonyl (C=O) groups excluding carboxylic acids is 1. The van der Waals surface area contributed by atoms with Gasteiger partial charge in [0, 0.05) is 6.61 Å². The van der Waals surface area contributed by atoms with Crippen LogP contribution in [0, 0.1) is 5.92 Å². The Morgan fingerprint density at radius 3 is 2.17 bits per heavy atom. The van der Waals surface area contributed by atoms with Crippen molar-refractivity contribution in [2.75, 3.05) is 6.61 Å². The molecule has 0 unspecified atom stereocenters. The quantitative estimate of drug-likeness (QED) is 0.678. The SMILES string of the molecule is CC[C@@](O)(c1ccccc1)[C@H](CCO[Si](C)(C)C(C)(C)C)C(C)=O. The van der Waals surface area contributed by atoms with Crippen LogP contribution < -0.4 is 0 Å². The van der Waals surface area contributed by atoms with E-state index in [4.69, 9.17) is 4.43 Å². The van der Waals surface area contributed by atoms with E-state index in [1.54, 1.807) is 6.92 Å². The lowest BCUT2D eigenvalue weighted by molar-refractivity contribution is -0.133. The fraction of sp³-hybridized carbons (Fsp3) is 0.650. The second kappa shape index (κ2) is 7.94. The third kappa shape index (κ3) is 4.77. The molecule has 1 rings (SSSR count). The summed E-state index contributed by atoms with van der Waals surface area (Å²) in [5, 5.41) is 11.4. The molecule has 1 N–H and O–H groups in total. The van der Waals surface area contributed by atoms with Crippen molar-refractivity contribution in [3.63, 3.8) is 0 Å². The molecule has 0 aliphatic heterocycles. The molecule has 0 heterocycles. The summed E-state index contributed by atoms with van der Waals surface area (Å²) in [7, 11) is -1.85. The van der Waals surface area contributed by atoms with E-state index in [9.17, 15) is 9.90 Å². The molecule has 0 fully saturated rings. The number of Topliss-reactive ketones (excluding diaryl/α,β-unsaturated/α-hetero) is 1. The minimum atomic E-state index is -1.85. The molecule has 1 aromatic carbocycles. The highest BCUT2D eigenvalue weighted by atomic mass is 28.4. The van der Waals surface area contributed by atoms with E-state index in [1.165, 1.54) is 0 Å². The summed E-state index contributed by atoms with van der Waals surface area (Å²) in [4.78, 5) is 12.3. The zero-order valence-corrected chi connectivity index (χ0v) is 17.3. The number of hydrogen-bond donors (Lipinski definition) is 1. The van der Waals surface area contributed by atoms with E-state index >= 15 is 0 Å². The third-order valence-electron chi connectivity index (χ3n) is 5.56. The van der Waals surface area contributed by atoms with Gasteiger partial charge in [0.1, 0.15) is 5.78 Å². The Balaban J connectivity index is 2.93. The van der Waals surface area contributed by atoms with Crippen LogP contribution in [0.5, 0.6) is 0 Å². The number of rotatable bonds is 8. The van der Waals surface area contributed by atoms with Gasteiger partial charge in [0.2, 0.25) is 0 Å². The standard InChI is InChI=1S/C20H34O3Si/c1-8-20(22,17-12-10-9-11-13-17)18(16(2)21)14-15-23-24(6,7)19(3,4)5/h9-13,18,22H,8,14-15H2,1-7H3/t18-,20-/m1/s1. The maximum absolute atomic E-state index is 12.3. The molecule has 0 saturated heterocycles. The molecule has 0 aliphatic rings. The van der Waals surface area contributed by atoms with Gasteiger partial charge in [-0.05, 0) is 43.5 Å². The van der Waals surface area contributed by atoms with Crippen LogP contribution in [0.15, 0.2) is 30.3 Å². The fourth-order valence-corrected chi connectivity index (χ4v) is 3.87. The smallest absolute Gasteiger partial charge is 0.191 e. The van der Waals surface area contributed by atoms with Crippen molar-refractivity contribution >= 4 is 14.1 Å². The molecule has 136 valence electrons. The first-order chi connectivity index (χ1) is 11.0. The van der Waals surface area contributed by atoms with E-state index in [1.807, 2.05) is 37.3 Å². The Hall–Kier alpha value is -0.973. The number of aliphatic hydroxyl groups is 1. The second-order valence-corrected chi connectivity index (χ2v) is 13.0. The molecule has 3 nitrogen and oxygen atoms in total. The number of carbonyl (C=O) groups is 1. The average molecular weight is 351 g/mol. The van der Waals surface area contributed by atoms with Crippen molar-refractivity contribution in [3.05, 3.63) is 35.9 Å². The topological polar surface area (TPSA) is 46.5 Å². The minimum Gasteiger partial charge on any atom is -0.417 e. The normalized spacial score (nSPS) is 16.5. The Kier molecular flexibility index (Phi) is 6.97. The van der Waals surface area contributed by atoms with Gasteiger partial charge in [0.25, 0.3) is 0 Å². The van der Waals surface area contributed by atoms with Crippen molar-refractivity contribution in [3.8, 4) is 0 Å². The molecule has 0 amide bonds. The Labute approximate surface area is 148 Å². The van der Waals surface area contributed by atoms with E-state index in [0.717, 1.165) is 5.56 Å². The zero-order chi connectivity index (χ0) is 18.6. The zero-order valence-electron chi connectivity index (χ0n) is 16.3. The first-order valence-electron chi connectivity index (χ1n) is 8.88. The molecular formula is C20H34O3Si. The van der Waals surface area contributed by atoms with Gasteiger partial charge in [-0.3, -0.25) is 4.79 Å². The van der Waals surface area contributed by atoms with Gasteiger partial charge in [-0.1, -0.05) is 58.0 Å². The summed E-state index contributed by atoms with van der Waals surface area (Å²) in [6.45, 7) is 15.0. The summed E-state index contributed by atoms with van der Waals surface area (Å²) < 4.78 is 6.23. The molecule has 2 atom stereocenters. The van der Waals surface area contributed by atoms with Gasteiger partial charge in [-0.15, -0.1) is 0 Å². The average Bonchev–Trinajstić information content (AvgIpc) is 2.50. The monoisotopic (exact) mass is 350 g/mol. The molecule has 24 heavy (non-hydrogen) atoms. The van der Waals surface area contributed by atoms with Crippen molar-refractivity contribution in [1.29, 1.82) is 0 Å². The van der Waals surface area contributed by atoms with Crippen molar-refractivity contribution in [1.82, 2.24) is 0 Å². The van der Waals surface area contributed by atoms with Crippen LogP contribution in [-0.4, -0.2) is 25.8 Å². The molecule has 0 aliphatic carbocycles. The fourth-order valence-electron chi connectivity index (χ4n) is 2.81. The largest absolute Gasteiger partial charge is 0.417 e. The molecule has 1 aromatic rings. The summed E-state index contributed by atoms with van der Waals surface area (Å²) in [5.41, 5.74) is -0.329. The molecular weight excluding hydrogens is 316 g/mol. The van der Waals surface area contributed by atoms with Crippen LogP contribution in [0.2, 0.25) is 18.1 Å². The highest BCUT2D eigenvalue weighted by Gasteiger charge is 2.41. The lowest BCUT2D eigenvalue weighted by atomic mass is 9.76. The van der Waals surface area contributed by atoms with Crippen LogP contribution in [0.1, 0.15) is 53.0 Å². The Morgan fingerprint density at radius 1 is 1.21 bits per heavy atom. The Morgan fingerprint density at radius 2 is 1.75 bits per heavy atom. The maximum atomic E-state index is 12.3. The molecule has 0 aromatic heterocycles. The first kappa shape index (κ1) is 21.1. The van der Waals surface area contributed by atoms with E-state index in [0.29, 0.717) is 19.4 Å². The first-order valence-corrected chi connectivity index (χ1v) is 11.8. The van der Waals surface area contributed by atoms with Crippen LogP contribution in [0.4, 0.5) is 0 Å². The van der Waals surface area contributed by atoms with E-state index in [2.05, 4.69) is 33.9 Å². The third-order valence-corrected chi connectivity index (χ3v) is 10.1. The lowest BCUT2D eigenvalue weighted by Gasteiger charge is -2.38. The van der Waals surface area contributed by atoms with Crippen molar-refractivity contribution in [2.45, 2.75) is 71.2 Å². The number of ketones is 1. The van der Waals surface area contributed by atoms with Gasteiger partial charge in [-0.25, -0.2) is 0 Å². The number of benzene rings is 1. The van der Waals surface area contributed by atoms with Gasteiger partial charge in [-0.2, -0.15) is 0 Å². The second-order valence-electron chi connectivity index (χ2n) is 8.20. The predicted molar refractivity (Wildman–Crippen MR) is 103 cm³/mol.